The van der Waals surface area contributed by atoms with Crippen LogP contribution in [0.1, 0.15) is 30.0 Å². The van der Waals surface area contributed by atoms with Crippen LogP contribution in [-0.2, 0) is 9.53 Å². The highest BCUT2D eigenvalue weighted by atomic mass is 35.5. The maximum atomic E-state index is 13.6. The number of carbonyl (C=O) groups excluding carboxylic acids is 1. The van der Waals surface area contributed by atoms with Crippen LogP contribution in [0.5, 0.6) is 0 Å². The molecule has 0 bridgehead atoms. The molecule has 1 rings (SSSR count). The standard InChI is InChI=1S/C11H15F2NO3.ClH/c1-4-16-10(15)11(12,13)9(14)8-5-6(2)7(3)17-8;/h5,9H,4,14H2,1-3H3;1H/t9-;/m1./s1. The van der Waals surface area contributed by atoms with Crippen molar-refractivity contribution in [2.45, 2.75) is 32.7 Å². The van der Waals surface area contributed by atoms with E-state index in [-0.39, 0.29) is 24.8 Å². The predicted molar refractivity (Wildman–Crippen MR) is 63.9 cm³/mol. The number of furan rings is 1. The number of carbonyl (C=O) groups is 1. The monoisotopic (exact) mass is 283 g/mol. The summed E-state index contributed by atoms with van der Waals surface area (Å²) in [5.41, 5.74) is 6.05. The maximum absolute atomic E-state index is 13.6. The van der Waals surface area contributed by atoms with Crippen molar-refractivity contribution in [3.8, 4) is 0 Å². The number of halogens is 3. The predicted octanol–water partition coefficient (Wildman–Crippen LogP) is 2.52. The van der Waals surface area contributed by atoms with Gasteiger partial charge in [0.2, 0.25) is 0 Å². The molecule has 104 valence electrons. The molecule has 0 amide bonds. The molecule has 0 saturated carbocycles. The van der Waals surface area contributed by atoms with E-state index in [1.54, 1.807) is 13.8 Å². The van der Waals surface area contributed by atoms with Gasteiger partial charge in [-0.25, -0.2) is 4.79 Å². The highest BCUT2D eigenvalue weighted by Gasteiger charge is 2.49. The molecule has 1 aromatic rings. The molecule has 0 aliphatic rings. The maximum Gasteiger partial charge on any atom is 0.379 e. The summed E-state index contributed by atoms with van der Waals surface area (Å²) in [5.74, 6) is -5.07. The number of alkyl halides is 2. The molecule has 0 aliphatic carbocycles. The molecule has 0 spiro atoms. The fourth-order valence-corrected chi connectivity index (χ4v) is 1.29. The van der Waals surface area contributed by atoms with Crippen molar-refractivity contribution in [1.29, 1.82) is 0 Å². The quantitative estimate of drug-likeness (QED) is 0.862. The zero-order valence-electron chi connectivity index (χ0n) is 10.3. The minimum Gasteiger partial charge on any atom is -0.464 e. The first-order valence-electron chi connectivity index (χ1n) is 5.18. The Morgan fingerprint density at radius 3 is 2.50 bits per heavy atom. The van der Waals surface area contributed by atoms with E-state index in [9.17, 15) is 13.6 Å². The third-order valence-corrected chi connectivity index (χ3v) is 2.43. The smallest absolute Gasteiger partial charge is 0.379 e. The van der Waals surface area contributed by atoms with E-state index in [1.807, 2.05) is 0 Å². The molecular weight excluding hydrogens is 268 g/mol. The SMILES string of the molecule is CCOC(=O)C(F)(F)[C@H](N)c1cc(C)c(C)o1.Cl. The fraction of sp³-hybridized carbons (Fsp3) is 0.545. The Balaban J connectivity index is 0.00000289. The first kappa shape index (κ1) is 16.9. The van der Waals surface area contributed by atoms with E-state index in [0.717, 1.165) is 0 Å². The van der Waals surface area contributed by atoms with Crippen LogP contribution in [0, 0.1) is 13.8 Å². The molecule has 0 aliphatic heterocycles. The molecule has 0 aromatic carbocycles. The van der Waals surface area contributed by atoms with Gasteiger partial charge in [0, 0.05) is 0 Å². The lowest BCUT2D eigenvalue weighted by Crippen LogP contribution is -2.41. The molecule has 1 atom stereocenters. The average Bonchev–Trinajstić information content (AvgIpc) is 2.58. The van der Waals surface area contributed by atoms with E-state index < -0.39 is 17.9 Å². The summed E-state index contributed by atoms with van der Waals surface area (Å²) < 4.78 is 36.5. The number of nitrogens with two attached hydrogens (primary N) is 1. The van der Waals surface area contributed by atoms with Crippen LogP contribution < -0.4 is 5.73 Å². The van der Waals surface area contributed by atoms with Crippen LogP contribution in [0.25, 0.3) is 0 Å². The van der Waals surface area contributed by atoms with Gasteiger partial charge in [0.15, 0.2) is 0 Å². The van der Waals surface area contributed by atoms with Gasteiger partial charge in [-0.1, -0.05) is 0 Å². The van der Waals surface area contributed by atoms with E-state index in [2.05, 4.69) is 4.74 Å². The zero-order valence-corrected chi connectivity index (χ0v) is 11.1. The Labute approximate surface area is 110 Å². The summed E-state index contributed by atoms with van der Waals surface area (Å²) in [6, 6.07) is -0.443. The molecular formula is C11H16ClF2NO3. The first-order chi connectivity index (χ1) is 7.80. The lowest BCUT2D eigenvalue weighted by molar-refractivity contribution is -0.175. The molecule has 0 radical (unpaired) electrons. The van der Waals surface area contributed by atoms with Gasteiger partial charge in [0.05, 0.1) is 6.61 Å². The third-order valence-electron chi connectivity index (χ3n) is 2.43. The van der Waals surface area contributed by atoms with Crippen molar-refractivity contribution in [2.75, 3.05) is 6.61 Å². The van der Waals surface area contributed by atoms with Crippen LogP contribution in [0.15, 0.2) is 10.5 Å². The van der Waals surface area contributed by atoms with Crippen molar-refractivity contribution in [3.05, 3.63) is 23.2 Å². The highest BCUT2D eigenvalue weighted by Crippen LogP contribution is 2.32. The van der Waals surface area contributed by atoms with Crippen LogP contribution in [0.4, 0.5) is 8.78 Å². The van der Waals surface area contributed by atoms with Gasteiger partial charge in [-0.2, -0.15) is 8.78 Å². The summed E-state index contributed by atoms with van der Waals surface area (Å²) in [6.07, 6.45) is 0. The summed E-state index contributed by atoms with van der Waals surface area (Å²) >= 11 is 0. The lowest BCUT2D eigenvalue weighted by Gasteiger charge is -2.19. The Kier molecular flexibility index (Phi) is 5.76. The number of hydrogen-bond donors (Lipinski definition) is 1. The average molecular weight is 284 g/mol. The van der Waals surface area contributed by atoms with Gasteiger partial charge in [-0.05, 0) is 32.4 Å². The second kappa shape index (κ2) is 6.15. The Morgan fingerprint density at radius 1 is 1.56 bits per heavy atom. The highest BCUT2D eigenvalue weighted by molar-refractivity contribution is 5.85. The van der Waals surface area contributed by atoms with Gasteiger partial charge < -0.3 is 14.9 Å². The molecule has 1 aromatic heterocycles. The van der Waals surface area contributed by atoms with E-state index in [1.165, 1.54) is 13.0 Å². The molecule has 4 nitrogen and oxygen atoms in total. The van der Waals surface area contributed by atoms with E-state index >= 15 is 0 Å². The molecule has 1 heterocycles. The van der Waals surface area contributed by atoms with Crippen LogP contribution in [-0.4, -0.2) is 18.5 Å². The Hall–Kier alpha value is -1.14. The lowest BCUT2D eigenvalue weighted by atomic mass is 10.1. The number of hydrogen-bond acceptors (Lipinski definition) is 4. The summed E-state index contributed by atoms with van der Waals surface area (Å²) in [6.45, 7) is 4.66. The summed E-state index contributed by atoms with van der Waals surface area (Å²) in [7, 11) is 0. The third kappa shape index (κ3) is 3.20. The van der Waals surface area contributed by atoms with Crippen molar-refractivity contribution in [2.24, 2.45) is 5.73 Å². The molecule has 0 saturated heterocycles. The Bertz CT molecular complexity index is 401. The van der Waals surface area contributed by atoms with Crippen LogP contribution >= 0.6 is 12.4 Å². The second-order valence-corrected chi connectivity index (χ2v) is 3.71. The van der Waals surface area contributed by atoms with Crippen molar-refractivity contribution < 1.29 is 22.7 Å². The minimum atomic E-state index is -3.80. The summed E-state index contributed by atoms with van der Waals surface area (Å²) in [5, 5.41) is 0. The minimum absolute atomic E-state index is 0. The first-order valence-corrected chi connectivity index (χ1v) is 5.18. The molecule has 7 heteroatoms. The van der Waals surface area contributed by atoms with Crippen molar-refractivity contribution >= 4 is 18.4 Å². The largest absolute Gasteiger partial charge is 0.464 e. The van der Waals surface area contributed by atoms with Crippen LogP contribution in [0.2, 0.25) is 0 Å². The van der Waals surface area contributed by atoms with Gasteiger partial charge in [0.1, 0.15) is 17.6 Å². The zero-order chi connectivity index (χ0) is 13.2. The van der Waals surface area contributed by atoms with Crippen molar-refractivity contribution in [3.63, 3.8) is 0 Å². The number of esters is 1. The normalized spacial score (nSPS) is 12.8. The summed E-state index contributed by atoms with van der Waals surface area (Å²) in [4.78, 5) is 11.1. The number of ether oxygens (including phenoxy) is 1. The fourth-order valence-electron chi connectivity index (χ4n) is 1.29. The number of aryl methyl sites for hydroxylation is 2. The molecule has 0 fully saturated rings. The van der Waals surface area contributed by atoms with Gasteiger partial charge >= 0.3 is 11.9 Å². The Morgan fingerprint density at radius 2 is 2.11 bits per heavy atom. The second-order valence-electron chi connectivity index (χ2n) is 3.71. The molecule has 18 heavy (non-hydrogen) atoms. The van der Waals surface area contributed by atoms with E-state index in [4.69, 9.17) is 10.2 Å². The van der Waals surface area contributed by atoms with Gasteiger partial charge in [-0.15, -0.1) is 12.4 Å². The molecule has 0 unspecified atom stereocenters. The number of rotatable bonds is 4. The van der Waals surface area contributed by atoms with Gasteiger partial charge in [-0.3, -0.25) is 0 Å². The van der Waals surface area contributed by atoms with Crippen molar-refractivity contribution in [1.82, 2.24) is 0 Å². The van der Waals surface area contributed by atoms with Gasteiger partial charge in [0.25, 0.3) is 0 Å². The molecule has 2 N–H and O–H groups in total. The van der Waals surface area contributed by atoms with E-state index in [0.29, 0.717) is 11.3 Å². The van der Waals surface area contributed by atoms with Crippen LogP contribution in [0.3, 0.4) is 0 Å². The topological polar surface area (TPSA) is 65.5 Å².